The molecule has 2 aromatic heterocycles. The Labute approximate surface area is 148 Å². The number of benzene rings is 1. The third-order valence-electron chi connectivity index (χ3n) is 3.94. The fourth-order valence-corrected chi connectivity index (χ4v) is 2.93. The molecule has 130 valence electrons. The molecule has 1 amide bonds. The average Bonchev–Trinajstić information content (AvgIpc) is 3.16. The van der Waals surface area contributed by atoms with E-state index >= 15 is 0 Å². The highest BCUT2D eigenvalue weighted by atomic mass is 32.1. The maximum Gasteiger partial charge on any atom is 0.276 e. The highest BCUT2D eigenvalue weighted by molar-refractivity contribution is 6.99. The second kappa shape index (κ2) is 7.06. The first kappa shape index (κ1) is 17.2. The second-order valence-corrected chi connectivity index (χ2v) is 6.26. The van der Waals surface area contributed by atoms with Crippen LogP contribution in [0.15, 0.2) is 24.3 Å². The fourth-order valence-electron chi connectivity index (χ4n) is 2.38. The van der Waals surface area contributed by atoms with Crippen LogP contribution in [0.4, 0.5) is 4.39 Å². The monoisotopic (exact) mass is 360 g/mol. The summed E-state index contributed by atoms with van der Waals surface area (Å²) < 4.78 is 23.7. The predicted octanol–water partition coefficient (Wildman–Crippen LogP) is 2.21. The van der Waals surface area contributed by atoms with Gasteiger partial charge in [0.1, 0.15) is 5.82 Å². The van der Waals surface area contributed by atoms with Crippen LogP contribution in [0.3, 0.4) is 0 Å². The summed E-state index contributed by atoms with van der Waals surface area (Å²) in [5, 5.41) is 8.04. The summed E-state index contributed by atoms with van der Waals surface area (Å²) in [6.07, 6.45) is 0. The van der Waals surface area contributed by atoms with Crippen LogP contribution >= 0.6 is 11.7 Å². The van der Waals surface area contributed by atoms with E-state index in [0.717, 1.165) is 23.1 Å². The molecular weight excluding hydrogens is 343 g/mol. The lowest BCUT2D eigenvalue weighted by Gasteiger charge is -2.16. The van der Waals surface area contributed by atoms with E-state index in [0.29, 0.717) is 17.8 Å². The third kappa shape index (κ3) is 3.55. The van der Waals surface area contributed by atoms with E-state index in [2.05, 4.69) is 19.1 Å². The molecule has 1 aromatic carbocycles. The summed E-state index contributed by atoms with van der Waals surface area (Å²) in [4.78, 5) is 14.1. The Hall–Kier alpha value is -2.68. The van der Waals surface area contributed by atoms with E-state index in [4.69, 9.17) is 0 Å². The number of nitrogens with zero attached hydrogens (tertiary/aromatic N) is 6. The smallest absolute Gasteiger partial charge is 0.276 e. The van der Waals surface area contributed by atoms with E-state index in [-0.39, 0.29) is 24.0 Å². The molecule has 0 saturated heterocycles. The number of amides is 1. The van der Waals surface area contributed by atoms with Gasteiger partial charge >= 0.3 is 0 Å². The Morgan fingerprint density at radius 3 is 2.72 bits per heavy atom. The van der Waals surface area contributed by atoms with E-state index in [1.165, 1.54) is 11.0 Å². The lowest BCUT2D eigenvalue weighted by Crippen LogP contribution is -2.27. The Kier molecular flexibility index (Phi) is 4.84. The van der Waals surface area contributed by atoms with Gasteiger partial charge in [0, 0.05) is 19.2 Å². The second-order valence-electron chi connectivity index (χ2n) is 5.73. The van der Waals surface area contributed by atoms with Gasteiger partial charge in [0.2, 0.25) is 0 Å². The van der Waals surface area contributed by atoms with Crippen LogP contribution in [0.5, 0.6) is 0 Å². The summed E-state index contributed by atoms with van der Waals surface area (Å²) in [7, 11) is 1.61. The minimum atomic E-state index is -0.339. The van der Waals surface area contributed by atoms with Gasteiger partial charge < -0.3 is 4.90 Å². The van der Waals surface area contributed by atoms with Gasteiger partial charge in [-0.2, -0.15) is 8.75 Å². The molecule has 0 radical (unpaired) electrons. The summed E-state index contributed by atoms with van der Waals surface area (Å²) in [5.74, 6) is -0.644. The largest absolute Gasteiger partial charge is 0.336 e. The first-order valence-corrected chi connectivity index (χ1v) is 8.37. The Balaban J connectivity index is 1.76. The molecule has 9 heteroatoms. The number of aryl methyl sites for hydroxylation is 1. The van der Waals surface area contributed by atoms with Crippen LogP contribution in [-0.2, 0) is 13.1 Å². The minimum Gasteiger partial charge on any atom is -0.336 e. The van der Waals surface area contributed by atoms with Crippen molar-refractivity contribution >= 4 is 17.6 Å². The zero-order valence-corrected chi connectivity index (χ0v) is 14.9. The minimum absolute atomic E-state index is 0.160. The van der Waals surface area contributed by atoms with Gasteiger partial charge in [0.15, 0.2) is 5.69 Å². The number of hydrogen-bond donors (Lipinski definition) is 0. The van der Waals surface area contributed by atoms with Crippen molar-refractivity contribution in [1.29, 1.82) is 0 Å². The number of carbonyl (C=O) groups excluding carboxylic acids is 1. The van der Waals surface area contributed by atoms with Gasteiger partial charge in [-0.25, -0.2) is 9.07 Å². The van der Waals surface area contributed by atoms with Crippen molar-refractivity contribution in [3.63, 3.8) is 0 Å². The molecule has 0 atom stereocenters. The van der Waals surface area contributed by atoms with Crippen molar-refractivity contribution in [1.82, 2.24) is 28.6 Å². The first-order chi connectivity index (χ1) is 12.0. The molecule has 0 aliphatic carbocycles. The zero-order chi connectivity index (χ0) is 18.0. The molecule has 2 heterocycles. The molecular formula is C16H17FN6OS. The number of carbonyl (C=O) groups is 1. The van der Waals surface area contributed by atoms with Crippen molar-refractivity contribution in [2.75, 3.05) is 7.05 Å². The van der Waals surface area contributed by atoms with Gasteiger partial charge in [0.25, 0.3) is 5.91 Å². The van der Waals surface area contributed by atoms with Gasteiger partial charge in [0.05, 0.1) is 35.4 Å². The molecule has 0 bridgehead atoms. The number of rotatable bonds is 5. The SMILES string of the molecule is Cc1nsnc1Cn1nnc(C(=O)N(C)Cc2ccccc2F)c1C. The molecule has 25 heavy (non-hydrogen) atoms. The van der Waals surface area contributed by atoms with Crippen molar-refractivity contribution in [3.05, 3.63) is 58.4 Å². The lowest BCUT2D eigenvalue weighted by molar-refractivity contribution is 0.0777. The first-order valence-electron chi connectivity index (χ1n) is 7.64. The van der Waals surface area contributed by atoms with Crippen molar-refractivity contribution in [2.24, 2.45) is 0 Å². The van der Waals surface area contributed by atoms with Crippen LogP contribution in [0.1, 0.15) is 33.1 Å². The number of hydrogen-bond acceptors (Lipinski definition) is 6. The van der Waals surface area contributed by atoms with Crippen molar-refractivity contribution in [3.8, 4) is 0 Å². The average molecular weight is 360 g/mol. The lowest BCUT2D eigenvalue weighted by atomic mass is 10.2. The van der Waals surface area contributed by atoms with E-state index in [1.807, 2.05) is 6.92 Å². The van der Waals surface area contributed by atoms with E-state index < -0.39 is 0 Å². The standard InChI is InChI=1S/C16H17FN6OS/c1-10-14(20-25-19-10)9-23-11(2)15(18-21-23)16(24)22(3)8-12-6-4-5-7-13(12)17/h4-7H,8-9H2,1-3H3. The topological polar surface area (TPSA) is 76.8 Å². The maximum absolute atomic E-state index is 13.8. The fraction of sp³-hybridized carbons (Fsp3) is 0.312. The Morgan fingerprint density at radius 1 is 1.28 bits per heavy atom. The van der Waals surface area contributed by atoms with Gasteiger partial charge in [-0.1, -0.05) is 23.4 Å². The third-order valence-corrected chi connectivity index (χ3v) is 4.60. The molecule has 0 saturated carbocycles. The van der Waals surface area contributed by atoms with Gasteiger partial charge in [-0.05, 0) is 19.9 Å². The highest BCUT2D eigenvalue weighted by Gasteiger charge is 2.21. The molecule has 0 fully saturated rings. The molecule has 0 N–H and O–H groups in total. The van der Waals surface area contributed by atoms with E-state index in [9.17, 15) is 9.18 Å². The van der Waals surface area contributed by atoms with Gasteiger partial charge in [-0.15, -0.1) is 5.10 Å². The summed E-state index contributed by atoms with van der Waals surface area (Å²) in [6, 6.07) is 6.38. The van der Waals surface area contributed by atoms with Gasteiger partial charge in [-0.3, -0.25) is 4.79 Å². The zero-order valence-electron chi connectivity index (χ0n) is 14.1. The Bertz CT molecular complexity index is 906. The molecule has 0 aliphatic heterocycles. The molecule has 3 rings (SSSR count). The van der Waals surface area contributed by atoms with Crippen molar-refractivity contribution < 1.29 is 9.18 Å². The van der Waals surface area contributed by atoms with Crippen LogP contribution in [0.25, 0.3) is 0 Å². The summed E-state index contributed by atoms with van der Waals surface area (Å²) >= 11 is 1.14. The van der Waals surface area contributed by atoms with Crippen LogP contribution in [-0.4, -0.2) is 41.6 Å². The summed E-state index contributed by atoms with van der Waals surface area (Å²) in [6.45, 7) is 4.22. The highest BCUT2D eigenvalue weighted by Crippen LogP contribution is 2.14. The van der Waals surface area contributed by atoms with Crippen molar-refractivity contribution in [2.45, 2.75) is 26.9 Å². The number of halogens is 1. The normalized spacial score (nSPS) is 10.9. The predicted molar refractivity (Wildman–Crippen MR) is 90.7 cm³/mol. The van der Waals surface area contributed by atoms with Crippen LogP contribution < -0.4 is 0 Å². The van der Waals surface area contributed by atoms with Crippen LogP contribution in [0.2, 0.25) is 0 Å². The molecule has 0 spiro atoms. The van der Waals surface area contributed by atoms with Crippen LogP contribution in [0, 0.1) is 19.7 Å². The molecule has 3 aromatic rings. The van der Waals surface area contributed by atoms with E-state index in [1.54, 1.807) is 36.9 Å². The molecule has 0 unspecified atom stereocenters. The Morgan fingerprint density at radius 2 is 2.04 bits per heavy atom. The quantitative estimate of drug-likeness (QED) is 0.697. The number of aromatic nitrogens is 5. The molecule has 7 nitrogen and oxygen atoms in total. The summed E-state index contributed by atoms with van der Waals surface area (Å²) in [5.41, 5.74) is 2.98. The molecule has 0 aliphatic rings. The maximum atomic E-state index is 13.8.